The molecular formula is C20H20F2N6O2. The molecule has 30 heavy (non-hydrogen) atoms. The van der Waals surface area contributed by atoms with Gasteiger partial charge in [-0.3, -0.25) is 5.32 Å². The summed E-state index contributed by atoms with van der Waals surface area (Å²) in [6.07, 6.45) is 2.53. The molecule has 0 spiro atoms. The molecule has 2 aliphatic rings. The van der Waals surface area contributed by atoms with Gasteiger partial charge in [0.15, 0.2) is 11.5 Å². The van der Waals surface area contributed by atoms with E-state index in [4.69, 9.17) is 0 Å². The Morgan fingerprint density at radius 3 is 2.83 bits per heavy atom. The zero-order valence-electron chi connectivity index (χ0n) is 16.0. The summed E-state index contributed by atoms with van der Waals surface area (Å²) in [7, 11) is 0. The molecule has 0 radical (unpaired) electrons. The second kappa shape index (κ2) is 7.21. The van der Waals surface area contributed by atoms with E-state index in [1.165, 1.54) is 21.7 Å². The highest BCUT2D eigenvalue weighted by molar-refractivity contribution is 5.89. The van der Waals surface area contributed by atoms with Gasteiger partial charge in [0.25, 0.3) is 0 Å². The molecule has 1 atom stereocenters. The van der Waals surface area contributed by atoms with E-state index in [1.807, 2.05) is 4.90 Å². The van der Waals surface area contributed by atoms with Gasteiger partial charge in [0.05, 0.1) is 31.4 Å². The van der Waals surface area contributed by atoms with Crippen LogP contribution in [0.5, 0.6) is 0 Å². The fraction of sp³-hybridized carbons (Fsp3) is 0.350. The largest absolute Gasteiger partial charge is 0.389 e. The number of hydrogen-bond donors (Lipinski definition) is 2. The van der Waals surface area contributed by atoms with Gasteiger partial charge in [-0.2, -0.15) is 4.52 Å². The van der Waals surface area contributed by atoms with E-state index in [0.717, 1.165) is 18.6 Å². The molecule has 0 aliphatic carbocycles. The summed E-state index contributed by atoms with van der Waals surface area (Å²) in [4.78, 5) is 19.9. The summed E-state index contributed by atoms with van der Waals surface area (Å²) in [5, 5.41) is 16.7. The number of anilines is 2. The minimum absolute atomic E-state index is 0.288. The molecule has 0 saturated carbocycles. The average molecular weight is 414 g/mol. The maximum atomic E-state index is 14.4. The third kappa shape index (κ3) is 3.22. The van der Waals surface area contributed by atoms with E-state index in [9.17, 15) is 18.7 Å². The van der Waals surface area contributed by atoms with Crippen molar-refractivity contribution in [2.75, 3.05) is 29.9 Å². The number of likely N-dealkylation sites (tertiary alicyclic amines) is 1. The first kappa shape index (κ1) is 18.7. The minimum Gasteiger partial charge on any atom is -0.389 e. The van der Waals surface area contributed by atoms with Crippen molar-refractivity contribution in [1.82, 2.24) is 19.5 Å². The van der Waals surface area contributed by atoms with Gasteiger partial charge in [0, 0.05) is 12.1 Å². The Morgan fingerprint density at radius 1 is 1.20 bits per heavy atom. The lowest BCUT2D eigenvalue weighted by atomic mass is 10.0. The number of nitrogens with one attached hydrogen (secondary N) is 1. The van der Waals surface area contributed by atoms with Crippen molar-refractivity contribution in [3.05, 3.63) is 53.7 Å². The van der Waals surface area contributed by atoms with Gasteiger partial charge in [-0.1, -0.05) is 0 Å². The number of rotatable bonds is 3. The maximum Gasteiger partial charge on any atom is 0.323 e. The maximum absolute atomic E-state index is 14.4. The number of carbonyl (C=O) groups is 1. The predicted octanol–water partition coefficient (Wildman–Crippen LogP) is 2.56. The lowest BCUT2D eigenvalue weighted by Crippen LogP contribution is -2.55. The summed E-state index contributed by atoms with van der Waals surface area (Å²) in [5.74, 6) is 0.0616. The molecule has 156 valence electrons. The Morgan fingerprint density at radius 2 is 2.03 bits per heavy atom. The molecule has 2 aliphatic heterocycles. The number of nitrogens with zero attached hydrogens (tertiary/aromatic N) is 5. The van der Waals surface area contributed by atoms with Crippen LogP contribution in [0, 0.1) is 11.6 Å². The predicted molar refractivity (Wildman–Crippen MR) is 105 cm³/mol. The van der Waals surface area contributed by atoms with Crippen LogP contribution >= 0.6 is 0 Å². The van der Waals surface area contributed by atoms with Crippen molar-refractivity contribution in [2.45, 2.75) is 25.0 Å². The lowest BCUT2D eigenvalue weighted by molar-refractivity contribution is 0.0308. The number of hydrogen-bond acceptors (Lipinski definition) is 5. The molecule has 2 aromatic heterocycles. The van der Waals surface area contributed by atoms with Gasteiger partial charge in [-0.05, 0) is 43.2 Å². The van der Waals surface area contributed by atoms with Crippen LogP contribution in [0.15, 0.2) is 36.5 Å². The number of carbonyl (C=O) groups excluding carboxylic acids is 1. The number of imidazole rings is 1. The van der Waals surface area contributed by atoms with Crippen LogP contribution in [0.1, 0.15) is 24.4 Å². The zero-order valence-corrected chi connectivity index (χ0v) is 16.0. The van der Waals surface area contributed by atoms with Gasteiger partial charge in [0.1, 0.15) is 17.5 Å². The van der Waals surface area contributed by atoms with Gasteiger partial charge >= 0.3 is 6.03 Å². The van der Waals surface area contributed by atoms with Crippen molar-refractivity contribution in [3.8, 4) is 0 Å². The number of aliphatic hydroxyl groups excluding tert-OH is 1. The molecular weight excluding hydrogens is 394 g/mol. The Kier molecular flexibility index (Phi) is 4.50. The van der Waals surface area contributed by atoms with Crippen LogP contribution in [0.2, 0.25) is 0 Å². The smallest absolute Gasteiger partial charge is 0.323 e. The van der Waals surface area contributed by atoms with E-state index in [2.05, 4.69) is 15.4 Å². The molecule has 0 bridgehead atoms. The van der Waals surface area contributed by atoms with Crippen molar-refractivity contribution < 1.29 is 18.7 Å². The second-order valence-corrected chi connectivity index (χ2v) is 7.61. The molecule has 2 saturated heterocycles. The van der Waals surface area contributed by atoms with Crippen LogP contribution in [0.4, 0.5) is 25.2 Å². The van der Waals surface area contributed by atoms with E-state index in [1.54, 1.807) is 12.1 Å². The monoisotopic (exact) mass is 414 g/mol. The van der Waals surface area contributed by atoms with Crippen LogP contribution < -0.4 is 10.2 Å². The molecule has 1 aromatic carbocycles. The van der Waals surface area contributed by atoms with Crippen LogP contribution in [-0.2, 0) is 0 Å². The average Bonchev–Trinajstić information content (AvgIpc) is 3.34. The van der Waals surface area contributed by atoms with Crippen molar-refractivity contribution >= 4 is 23.3 Å². The third-order valence-corrected chi connectivity index (χ3v) is 5.60. The van der Waals surface area contributed by atoms with Crippen molar-refractivity contribution in [2.24, 2.45) is 0 Å². The quantitative estimate of drug-likeness (QED) is 0.688. The molecule has 1 unspecified atom stereocenters. The molecule has 8 nitrogen and oxygen atoms in total. The first-order chi connectivity index (χ1) is 14.5. The SMILES string of the molecule is O=C(Nc1cnc2ccc(N3CCCC3c3cc(F)ccc3F)nn12)N1CC(O)C1. The summed E-state index contributed by atoms with van der Waals surface area (Å²) in [6.45, 7) is 1.23. The fourth-order valence-corrected chi connectivity index (χ4v) is 4.05. The number of aromatic nitrogens is 3. The Hall–Kier alpha value is -3.27. The van der Waals surface area contributed by atoms with Crippen LogP contribution in [0.3, 0.4) is 0 Å². The summed E-state index contributed by atoms with van der Waals surface area (Å²) >= 11 is 0. The Bertz CT molecular complexity index is 1110. The van der Waals surface area contributed by atoms with Crippen molar-refractivity contribution in [1.29, 1.82) is 0 Å². The van der Waals surface area contributed by atoms with E-state index in [0.29, 0.717) is 35.8 Å². The molecule has 4 heterocycles. The molecule has 2 fully saturated rings. The third-order valence-electron chi connectivity index (χ3n) is 5.60. The molecule has 2 N–H and O–H groups in total. The number of amides is 2. The van der Waals surface area contributed by atoms with Gasteiger partial charge in [-0.25, -0.2) is 18.6 Å². The fourth-order valence-electron chi connectivity index (χ4n) is 4.05. The number of urea groups is 1. The van der Waals surface area contributed by atoms with E-state index >= 15 is 0 Å². The highest BCUT2D eigenvalue weighted by atomic mass is 19.1. The zero-order chi connectivity index (χ0) is 20.8. The number of benzene rings is 1. The Balaban J connectivity index is 1.44. The van der Waals surface area contributed by atoms with Crippen molar-refractivity contribution in [3.63, 3.8) is 0 Å². The molecule has 3 aromatic rings. The number of aliphatic hydroxyl groups is 1. The van der Waals surface area contributed by atoms with Gasteiger partial charge in [-0.15, -0.1) is 5.10 Å². The topological polar surface area (TPSA) is 86.0 Å². The van der Waals surface area contributed by atoms with Gasteiger partial charge < -0.3 is 14.9 Å². The highest BCUT2D eigenvalue weighted by Gasteiger charge is 2.31. The molecule has 10 heteroatoms. The molecule has 5 rings (SSSR count). The Labute approximate surface area is 170 Å². The van der Waals surface area contributed by atoms with E-state index in [-0.39, 0.29) is 25.2 Å². The highest BCUT2D eigenvalue weighted by Crippen LogP contribution is 2.36. The number of β-amino-alcohol motifs (C(OH)–C–C–N with tert-alkyl or cyclic N) is 1. The van der Waals surface area contributed by atoms with Crippen LogP contribution in [0.25, 0.3) is 5.65 Å². The molecule has 2 amide bonds. The van der Waals surface area contributed by atoms with Crippen LogP contribution in [-0.4, -0.2) is 56.4 Å². The minimum atomic E-state index is -0.488. The standard InChI is InChI=1S/C20H20F2N6O2/c21-12-3-4-15(22)14(8-12)16-2-1-7-27(16)18-6-5-17-23-9-19(28(17)25-18)24-20(30)26-10-13(29)11-26/h3-6,8-9,13,16,29H,1-2,7,10-11H2,(H,24,30). The second-order valence-electron chi connectivity index (χ2n) is 7.61. The first-order valence-corrected chi connectivity index (χ1v) is 9.80. The van der Waals surface area contributed by atoms with Gasteiger partial charge in [0.2, 0.25) is 0 Å². The van der Waals surface area contributed by atoms with E-state index < -0.39 is 17.7 Å². The number of halogens is 2. The first-order valence-electron chi connectivity index (χ1n) is 9.80. The summed E-state index contributed by atoms with van der Waals surface area (Å²) in [5.41, 5.74) is 0.857. The lowest BCUT2D eigenvalue weighted by Gasteiger charge is -2.35. The summed E-state index contributed by atoms with van der Waals surface area (Å²) < 4.78 is 29.6. The summed E-state index contributed by atoms with van der Waals surface area (Å²) in [6, 6.07) is 6.39. The normalized spacial score (nSPS) is 19.4. The number of fused-ring (bicyclic) bond motifs is 1.